The fraction of sp³-hybridized carbons (Fsp3) is 0.125. The standard InChI is InChI=1S/C16H7F6NO3/c17-15(18,19)7-4-8(16(20,21)22)6-9(5-7)23-13(25)10-2-1-3-11(24)12(10)14(23)26/h1-6,24H. The molecule has 0 unspecified atom stereocenters. The monoisotopic (exact) mass is 375 g/mol. The van der Waals surface area contributed by atoms with Crippen LogP contribution in [0.5, 0.6) is 5.75 Å². The van der Waals surface area contributed by atoms with Crippen LogP contribution in [0.15, 0.2) is 36.4 Å². The number of carbonyl (C=O) groups excluding carboxylic acids is 2. The SMILES string of the molecule is O=C1c2cccc(O)c2C(=O)N1c1cc(C(F)(F)F)cc(C(F)(F)F)c1. The molecule has 0 atom stereocenters. The van der Waals surface area contributed by atoms with Crippen molar-refractivity contribution in [2.24, 2.45) is 0 Å². The number of benzene rings is 2. The molecule has 1 N–H and O–H groups in total. The Morgan fingerprint density at radius 2 is 1.35 bits per heavy atom. The van der Waals surface area contributed by atoms with Crippen LogP contribution < -0.4 is 4.90 Å². The Balaban J connectivity index is 2.20. The number of halogens is 6. The topological polar surface area (TPSA) is 57.6 Å². The lowest BCUT2D eigenvalue weighted by molar-refractivity contribution is -0.143. The van der Waals surface area contributed by atoms with E-state index in [2.05, 4.69) is 0 Å². The molecule has 26 heavy (non-hydrogen) atoms. The van der Waals surface area contributed by atoms with E-state index < -0.39 is 52.3 Å². The van der Waals surface area contributed by atoms with E-state index in [0.717, 1.165) is 12.1 Å². The minimum absolute atomic E-state index is 0.112. The molecule has 1 aliphatic rings. The summed E-state index contributed by atoms with van der Waals surface area (Å²) in [5.41, 5.74) is -5.02. The molecule has 2 amide bonds. The van der Waals surface area contributed by atoms with Crippen molar-refractivity contribution >= 4 is 17.5 Å². The number of aromatic hydroxyl groups is 1. The van der Waals surface area contributed by atoms with Crippen molar-refractivity contribution in [3.63, 3.8) is 0 Å². The van der Waals surface area contributed by atoms with Crippen molar-refractivity contribution in [1.82, 2.24) is 0 Å². The predicted molar refractivity (Wildman–Crippen MR) is 75.7 cm³/mol. The van der Waals surface area contributed by atoms with Crippen LogP contribution in [0.25, 0.3) is 0 Å². The molecular weight excluding hydrogens is 368 g/mol. The van der Waals surface area contributed by atoms with Crippen LogP contribution in [0.3, 0.4) is 0 Å². The molecule has 0 bridgehead atoms. The first-order valence-electron chi connectivity index (χ1n) is 6.91. The van der Waals surface area contributed by atoms with Gasteiger partial charge in [-0.3, -0.25) is 9.59 Å². The molecule has 3 rings (SSSR count). The van der Waals surface area contributed by atoms with Gasteiger partial charge in [-0.05, 0) is 30.3 Å². The third kappa shape index (κ3) is 2.76. The Morgan fingerprint density at radius 3 is 1.81 bits per heavy atom. The highest BCUT2D eigenvalue weighted by Gasteiger charge is 2.42. The lowest BCUT2D eigenvalue weighted by Crippen LogP contribution is -2.30. The van der Waals surface area contributed by atoms with Crippen molar-refractivity contribution in [1.29, 1.82) is 0 Å². The number of hydrogen-bond donors (Lipinski definition) is 1. The highest BCUT2D eigenvalue weighted by atomic mass is 19.4. The van der Waals surface area contributed by atoms with Crippen LogP contribution in [0.1, 0.15) is 31.8 Å². The van der Waals surface area contributed by atoms with Gasteiger partial charge in [0.1, 0.15) is 5.75 Å². The highest BCUT2D eigenvalue weighted by Crippen LogP contribution is 2.40. The van der Waals surface area contributed by atoms with E-state index in [1.807, 2.05) is 0 Å². The molecule has 0 aliphatic carbocycles. The fourth-order valence-electron chi connectivity index (χ4n) is 2.57. The molecule has 4 nitrogen and oxygen atoms in total. The fourth-order valence-corrected chi connectivity index (χ4v) is 2.57. The first-order chi connectivity index (χ1) is 11.9. The summed E-state index contributed by atoms with van der Waals surface area (Å²) in [6, 6.07) is 3.85. The molecule has 0 spiro atoms. The average molecular weight is 375 g/mol. The second kappa shape index (κ2) is 5.48. The maximum atomic E-state index is 12.9. The summed E-state index contributed by atoms with van der Waals surface area (Å²) >= 11 is 0. The molecule has 136 valence electrons. The summed E-state index contributed by atoms with van der Waals surface area (Å²) in [6.45, 7) is 0. The van der Waals surface area contributed by atoms with Crippen molar-refractivity contribution < 1.29 is 41.0 Å². The van der Waals surface area contributed by atoms with E-state index in [0.29, 0.717) is 0 Å². The van der Waals surface area contributed by atoms with Crippen LogP contribution in [-0.2, 0) is 12.4 Å². The molecule has 1 heterocycles. The van der Waals surface area contributed by atoms with Gasteiger partial charge in [-0.2, -0.15) is 26.3 Å². The molecule has 0 saturated carbocycles. The zero-order valence-corrected chi connectivity index (χ0v) is 12.4. The van der Waals surface area contributed by atoms with E-state index in [-0.39, 0.29) is 28.7 Å². The van der Waals surface area contributed by atoms with Crippen LogP contribution >= 0.6 is 0 Å². The van der Waals surface area contributed by atoms with Gasteiger partial charge < -0.3 is 5.11 Å². The van der Waals surface area contributed by atoms with Crippen molar-refractivity contribution in [3.8, 4) is 5.75 Å². The first-order valence-corrected chi connectivity index (χ1v) is 6.91. The number of anilines is 1. The van der Waals surface area contributed by atoms with Gasteiger partial charge in [-0.1, -0.05) is 6.07 Å². The molecule has 2 aromatic rings. The minimum Gasteiger partial charge on any atom is -0.507 e. The van der Waals surface area contributed by atoms with Gasteiger partial charge in [0.05, 0.1) is 27.9 Å². The summed E-state index contributed by atoms with van der Waals surface area (Å²) in [5, 5.41) is 9.69. The highest BCUT2D eigenvalue weighted by molar-refractivity contribution is 6.35. The second-order valence-electron chi connectivity index (χ2n) is 5.41. The number of nitrogens with zero attached hydrogens (tertiary/aromatic N) is 1. The third-order valence-electron chi connectivity index (χ3n) is 3.72. The predicted octanol–water partition coefficient (Wildman–Crippen LogP) is 4.23. The van der Waals surface area contributed by atoms with E-state index in [9.17, 15) is 41.0 Å². The largest absolute Gasteiger partial charge is 0.507 e. The van der Waals surface area contributed by atoms with Crippen LogP contribution in [-0.4, -0.2) is 16.9 Å². The molecule has 0 fully saturated rings. The maximum Gasteiger partial charge on any atom is 0.416 e. The molecule has 1 aliphatic heterocycles. The van der Waals surface area contributed by atoms with Gasteiger partial charge in [-0.15, -0.1) is 0 Å². The molecule has 0 saturated heterocycles. The first kappa shape index (κ1) is 17.8. The molecule has 2 aromatic carbocycles. The number of phenolic OH excluding ortho intramolecular Hbond substituents is 1. The number of rotatable bonds is 1. The van der Waals surface area contributed by atoms with E-state index >= 15 is 0 Å². The van der Waals surface area contributed by atoms with Crippen LogP contribution in [0.4, 0.5) is 32.0 Å². The number of hydrogen-bond acceptors (Lipinski definition) is 3. The van der Waals surface area contributed by atoms with Crippen molar-refractivity contribution in [3.05, 3.63) is 58.7 Å². The number of carbonyl (C=O) groups is 2. The average Bonchev–Trinajstić information content (AvgIpc) is 2.77. The lowest BCUT2D eigenvalue weighted by Gasteiger charge is -2.19. The quantitative estimate of drug-likeness (QED) is 0.600. The smallest absolute Gasteiger partial charge is 0.416 e. The minimum atomic E-state index is -5.13. The Bertz CT molecular complexity index is 900. The molecule has 0 aromatic heterocycles. The summed E-state index contributed by atoms with van der Waals surface area (Å²) in [5.74, 6) is -2.95. The van der Waals surface area contributed by atoms with Crippen molar-refractivity contribution in [2.75, 3.05) is 4.90 Å². The van der Waals surface area contributed by atoms with E-state index in [4.69, 9.17) is 0 Å². The zero-order valence-electron chi connectivity index (χ0n) is 12.4. The summed E-state index contributed by atoms with van der Waals surface area (Å²) in [4.78, 5) is 24.8. The molecular formula is C16H7F6NO3. The summed E-state index contributed by atoms with van der Waals surface area (Å²) in [6.07, 6.45) is -10.3. The Kier molecular flexibility index (Phi) is 3.75. The zero-order chi connectivity index (χ0) is 19.4. The van der Waals surface area contributed by atoms with Gasteiger partial charge >= 0.3 is 12.4 Å². The number of amides is 2. The van der Waals surface area contributed by atoms with Crippen LogP contribution in [0, 0.1) is 0 Å². The maximum absolute atomic E-state index is 12.9. The number of alkyl halides is 6. The number of fused-ring (bicyclic) bond motifs is 1. The molecule has 0 radical (unpaired) electrons. The van der Waals surface area contributed by atoms with Crippen molar-refractivity contribution in [2.45, 2.75) is 12.4 Å². The van der Waals surface area contributed by atoms with Gasteiger partial charge in [0.2, 0.25) is 0 Å². The van der Waals surface area contributed by atoms with E-state index in [1.54, 1.807) is 0 Å². The van der Waals surface area contributed by atoms with Gasteiger partial charge in [0.15, 0.2) is 0 Å². The third-order valence-corrected chi connectivity index (χ3v) is 3.72. The van der Waals surface area contributed by atoms with Gasteiger partial charge in [0, 0.05) is 0 Å². The number of phenols is 1. The Hall–Kier alpha value is -3.04. The molecule has 10 heteroatoms. The summed E-state index contributed by atoms with van der Waals surface area (Å²) in [7, 11) is 0. The lowest BCUT2D eigenvalue weighted by atomic mass is 10.1. The van der Waals surface area contributed by atoms with Gasteiger partial charge in [-0.25, -0.2) is 4.90 Å². The number of imide groups is 1. The Morgan fingerprint density at radius 1 is 0.808 bits per heavy atom. The second-order valence-corrected chi connectivity index (χ2v) is 5.41. The Labute approximate surface area is 141 Å². The normalized spacial score (nSPS) is 14.8. The van der Waals surface area contributed by atoms with Crippen LogP contribution in [0.2, 0.25) is 0 Å². The van der Waals surface area contributed by atoms with Gasteiger partial charge in [0.25, 0.3) is 11.8 Å². The van der Waals surface area contributed by atoms with E-state index in [1.165, 1.54) is 6.07 Å². The summed E-state index contributed by atoms with van der Waals surface area (Å²) < 4.78 is 77.7.